The Morgan fingerprint density at radius 1 is 1.17 bits per heavy atom. The smallest absolute Gasteiger partial charge is 0.272 e. The van der Waals surface area contributed by atoms with Crippen molar-refractivity contribution >= 4 is 26.8 Å². The minimum absolute atomic E-state index is 0.00575. The SMILES string of the molecule is Cc1nc2ccccc2n(Cc2ccc(C(=O)N[C@@H]3CCS(=O)(=O)C3)cc2)c1=O. The fourth-order valence-electron chi connectivity index (χ4n) is 3.60. The molecular formula is C21H21N3O4S. The monoisotopic (exact) mass is 411 g/mol. The standard InChI is InChI=1S/C21H21N3O4S/c1-14-21(26)24(19-5-3-2-4-18(19)22-14)12-15-6-8-16(9-7-15)20(25)23-17-10-11-29(27,28)13-17/h2-9,17H,10-13H2,1H3,(H,23,25)/t17-/m1/s1. The molecule has 1 aliphatic heterocycles. The highest BCUT2D eigenvalue weighted by molar-refractivity contribution is 7.91. The number of sulfone groups is 1. The van der Waals surface area contributed by atoms with Crippen molar-refractivity contribution in [2.45, 2.75) is 25.9 Å². The van der Waals surface area contributed by atoms with Gasteiger partial charge in [0.05, 0.1) is 29.1 Å². The maximum absolute atomic E-state index is 12.6. The zero-order chi connectivity index (χ0) is 20.6. The number of carbonyl (C=O) groups excluding carboxylic acids is 1. The number of hydrogen-bond acceptors (Lipinski definition) is 5. The van der Waals surface area contributed by atoms with E-state index in [1.54, 1.807) is 35.8 Å². The largest absolute Gasteiger partial charge is 0.348 e. The van der Waals surface area contributed by atoms with Gasteiger partial charge in [0.1, 0.15) is 5.69 Å². The summed E-state index contributed by atoms with van der Waals surface area (Å²) in [7, 11) is -3.04. The first-order valence-corrected chi connectivity index (χ1v) is 11.2. The lowest BCUT2D eigenvalue weighted by molar-refractivity contribution is 0.0941. The number of rotatable bonds is 4. The van der Waals surface area contributed by atoms with Gasteiger partial charge in [0, 0.05) is 11.6 Å². The maximum Gasteiger partial charge on any atom is 0.272 e. The van der Waals surface area contributed by atoms with Gasteiger partial charge in [-0.05, 0) is 43.2 Å². The summed E-state index contributed by atoms with van der Waals surface area (Å²) in [4.78, 5) is 29.3. The van der Waals surface area contributed by atoms with Gasteiger partial charge in [0.25, 0.3) is 11.5 Å². The van der Waals surface area contributed by atoms with Crippen molar-refractivity contribution in [2.24, 2.45) is 0 Å². The van der Waals surface area contributed by atoms with E-state index in [9.17, 15) is 18.0 Å². The van der Waals surface area contributed by atoms with Gasteiger partial charge >= 0.3 is 0 Å². The highest BCUT2D eigenvalue weighted by atomic mass is 32.2. The topological polar surface area (TPSA) is 98.1 Å². The number of fused-ring (bicyclic) bond motifs is 1. The summed E-state index contributed by atoms with van der Waals surface area (Å²) in [6, 6.07) is 14.1. The third-order valence-electron chi connectivity index (χ3n) is 5.14. The summed E-state index contributed by atoms with van der Waals surface area (Å²) in [5.41, 5.74) is 3.14. The molecule has 0 spiro atoms. The van der Waals surface area contributed by atoms with Crippen molar-refractivity contribution in [3.05, 3.63) is 75.7 Å². The molecule has 1 amide bonds. The number of amides is 1. The minimum Gasteiger partial charge on any atom is -0.348 e. The number of para-hydroxylation sites is 2. The predicted octanol–water partition coefficient (Wildman–Crippen LogP) is 1.67. The van der Waals surface area contributed by atoms with Crippen molar-refractivity contribution in [1.82, 2.24) is 14.9 Å². The molecule has 3 aromatic rings. The van der Waals surface area contributed by atoms with Crippen LogP contribution < -0.4 is 10.9 Å². The van der Waals surface area contributed by atoms with Gasteiger partial charge in [-0.1, -0.05) is 24.3 Å². The van der Waals surface area contributed by atoms with Crippen LogP contribution in [0.1, 0.15) is 28.0 Å². The van der Waals surface area contributed by atoms with E-state index in [2.05, 4.69) is 10.3 Å². The zero-order valence-electron chi connectivity index (χ0n) is 16.0. The van der Waals surface area contributed by atoms with Gasteiger partial charge < -0.3 is 9.88 Å². The number of benzene rings is 2. The van der Waals surface area contributed by atoms with E-state index in [4.69, 9.17) is 0 Å². The molecule has 7 nitrogen and oxygen atoms in total. The fourth-order valence-corrected chi connectivity index (χ4v) is 5.27. The summed E-state index contributed by atoms with van der Waals surface area (Å²) < 4.78 is 24.8. The number of hydrogen-bond donors (Lipinski definition) is 1. The van der Waals surface area contributed by atoms with Gasteiger partial charge in [0.15, 0.2) is 9.84 Å². The van der Waals surface area contributed by atoms with E-state index in [0.29, 0.717) is 24.2 Å². The fraction of sp³-hybridized carbons (Fsp3) is 0.286. The summed E-state index contributed by atoms with van der Waals surface area (Å²) in [5.74, 6) is -0.180. The highest BCUT2D eigenvalue weighted by Gasteiger charge is 2.29. The second-order valence-electron chi connectivity index (χ2n) is 7.35. The molecule has 0 radical (unpaired) electrons. The van der Waals surface area contributed by atoms with Crippen molar-refractivity contribution in [3.63, 3.8) is 0 Å². The van der Waals surface area contributed by atoms with E-state index in [1.807, 2.05) is 24.3 Å². The maximum atomic E-state index is 12.6. The first kappa shape index (κ1) is 19.3. The number of aromatic nitrogens is 2. The van der Waals surface area contributed by atoms with Crippen molar-refractivity contribution < 1.29 is 13.2 Å². The minimum atomic E-state index is -3.04. The molecule has 1 aromatic heterocycles. The van der Waals surface area contributed by atoms with Crippen molar-refractivity contribution in [1.29, 1.82) is 0 Å². The molecule has 1 atom stereocenters. The summed E-state index contributed by atoms with van der Waals surface area (Å²) in [5, 5.41) is 2.78. The van der Waals surface area contributed by atoms with E-state index in [-0.39, 0.29) is 29.0 Å². The molecule has 4 rings (SSSR count). The molecule has 29 heavy (non-hydrogen) atoms. The number of carbonyl (C=O) groups is 1. The van der Waals surface area contributed by atoms with Crippen LogP contribution in [0, 0.1) is 6.92 Å². The average molecular weight is 411 g/mol. The molecule has 2 heterocycles. The third-order valence-corrected chi connectivity index (χ3v) is 6.91. The Morgan fingerprint density at radius 2 is 1.90 bits per heavy atom. The van der Waals surface area contributed by atoms with Crippen LogP contribution in [0.5, 0.6) is 0 Å². The quantitative estimate of drug-likeness (QED) is 0.704. The van der Waals surface area contributed by atoms with Crippen LogP contribution in [-0.4, -0.2) is 41.4 Å². The Labute approximate surface area is 168 Å². The van der Waals surface area contributed by atoms with Crippen LogP contribution in [0.15, 0.2) is 53.3 Å². The predicted molar refractivity (Wildman–Crippen MR) is 111 cm³/mol. The lowest BCUT2D eigenvalue weighted by Gasteiger charge is -2.13. The molecule has 0 bridgehead atoms. The van der Waals surface area contributed by atoms with E-state index < -0.39 is 9.84 Å². The van der Waals surface area contributed by atoms with Crippen LogP contribution in [0.3, 0.4) is 0 Å². The van der Waals surface area contributed by atoms with Gasteiger partial charge in [0.2, 0.25) is 0 Å². The van der Waals surface area contributed by atoms with E-state index in [0.717, 1.165) is 16.6 Å². The summed E-state index contributed by atoms with van der Waals surface area (Å²) in [6.45, 7) is 2.06. The lowest BCUT2D eigenvalue weighted by atomic mass is 10.1. The zero-order valence-corrected chi connectivity index (χ0v) is 16.8. The Hall–Kier alpha value is -3.00. The molecule has 1 fully saturated rings. The van der Waals surface area contributed by atoms with Gasteiger partial charge in [-0.2, -0.15) is 0 Å². The van der Waals surface area contributed by atoms with Crippen LogP contribution in [-0.2, 0) is 16.4 Å². The first-order chi connectivity index (χ1) is 13.8. The van der Waals surface area contributed by atoms with E-state index >= 15 is 0 Å². The van der Waals surface area contributed by atoms with Crippen LogP contribution in [0.2, 0.25) is 0 Å². The van der Waals surface area contributed by atoms with Crippen molar-refractivity contribution in [3.8, 4) is 0 Å². The lowest BCUT2D eigenvalue weighted by Crippen LogP contribution is -2.35. The molecule has 0 aliphatic carbocycles. The molecule has 150 valence electrons. The van der Waals surface area contributed by atoms with Crippen LogP contribution >= 0.6 is 0 Å². The van der Waals surface area contributed by atoms with Crippen LogP contribution in [0.4, 0.5) is 0 Å². The molecule has 1 saturated heterocycles. The third kappa shape index (κ3) is 4.07. The highest BCUT2D eigenvalue weighted by Crippen LogP contribution is 2.14. The van der Waals surface area contributed by atoms with Gasteiger partial charge in [-0.3, -0.25) is 9.59 Å². The second-order valence-corrected chi connectivity index (χ2v) is 9.58. The second kappa shape index (κ2) is 7.44. The Kier molecular flexibility index (Phi) is 4.96. The number of aryl methyl sites for hydroxylation is 1. The number of nitrogens with zero attached hydrogens (tertiary/aromatic N) is 2. The Balaban J connectivity index is 1.54. The summed E-state index contributed by atoms with van der Waals surface area (Å²) >= 11 is 0. The molecule has 1 aliphatic rings. The van der Waals surface area contributed by atoms with Gasteiger partial charge in [-0.15, -0.1) is 0 Å². The Bertz CT molecular complexity index is 1250. The van der Waals surface area contributed by atoms with Crippen LogP contribution in [0.25, 0.3) is 11.0 Å². The Morgan fingerprint density at radius 3 is 2.59 bits per heavy atom. The van der Waals surface area contributed by atoms with Crippen molar-refractivity contribution in [2.75, 3.05) is 11.5 Å². The molecule has 0 saturated carbocycles. The number of nitrogens with one attached hydrogen (secondary N) is 1. The molecule has 0 unspecified atom stereocenters. The van der Waals surface area contributed by atoms with E-state index in [1.165, 1.54) is 0 Å². The van der Waals surface area contributed by atoms with Gasteiger partial charge in [-0.25, -0.2) is 13.4 Å². The molecule has 8 heteroatoms. The molecule has 1 N–H and O–H groups in total. The molecular weight excluding hydrogens is 390 g/mol. The average Bonchev–Trinajstić information content (AvgIpc) is 3.04. The molecule has 2 aromatic carbocycles. The summed E-state index contributed by atoms with van der Waals surface area (Å²) in [6.07, 6.45) is 0.448. The first-order valence-electron chi connectivity index (χ1n) is 9.39. The normalized spacial score (nSPS) is 18.0.